The molecule has 1 N–H and O–H groups in total. The van der Waals surface area contributed by atoms with Crippen LogP contribution in [0.5, 0.6) is 0 Å². The zero-order valence-electron chi connectivity index (χ0n) is 13.3. The van der Waals surface area contributed by atoms with Crippen LogP contribution in [0, 0.1) is 5.41 Å². The highest BCUT2D eigenvalue weighted by molar-refractivity contribution is 7.91. The Morgan fingerprint density at radius 2 is 1.92 bits per heavy atom. The van der Waals surface area contributed by atoms with E-state index in [4.69, 9.17) is 23.2 Å². The molecule has 1 unspecified atom stereocenters. The largest absolute Gasteiger partial charge is 0.351 e. The van der Waals surface area contributed by atoms with E-state index in [1.165, 1.54) is 11.3 Å². The van der Waals surface area contributed by atoms with Gasteiger partial charge in [0, 0.05) is 18.0 Å². The van der Waals surface area contributed by atoms with Crippen LogP contribution in [0.1, 0.15) is 37.5 Å². The van der Waals surface area contributed by atoms with Gasteiger partial charge in [-0.15, -0.1) is 34.5 Å². The number of sulfonamides is 1. The van der Waals surface area contributed by atoms with Gasteiger partial charge >= 0.3 is 0 Å². The van der Waals surface area contributed by atoms with Crippen molar-refractivity contribution in [2.24, 2.45) is 5.41 Å². The van der Waals surface area contributed by atoms with Crippen molar-refractivity contribution in [3.8, 4) is 0 Å². The number of nitrogens with one attached hydrogen (secondary N) is 1. The predicted octanol–water partition coefficient (Wildman–Crippen LogP) is 3.12. The van der Waals surface area contributed by atoms with Crippen molar-refractivity contribution in [2.75, 3.05) is 13.1 Å². The Bertz CT molecular complexity index is 742. The van der Waals surface area contributed by atoms with E-state index in [1.807, 2.05) is 0 Å². The van der Waals surface area contributed by atoms with E-state index >= 15 is 0 Å². The van der Waals surface area contributed by atoms with Crippen molar-refractivity contribution >= 4 is 50.5 Å². The first kappa shape index (κ1) is 18.5. The van der Waals surface area contributed by atoms with Gasteiger partial charge in [0.2, 0.25) is 5.91 Å². The topological polar surface area (TPSA) is 66.5 Å². The van der Waals surface area contributed by atoms with Gasteiger partial charge in [0.1, 0.15) is 8.54 Å². The van der Waals surface area contributed by atoms with Gasteiger partial charge in [-0.05, 0) is 38.3 Å². The van der Waals surface area contributed by atoms with Gasteiger partial charge < -0.3 is 5.32 Å². The summed E-state index contributed by atoms with van der Waals surface area (Å²) in [6.07, 6.45) is 3.32. The molecular formula is C15H20Cl2N2O3S2. The molecule has 1 aromatic heterocycles. The fraction of sp³-hybridized carbons (Fsp3) is 0.667. The van der Waals surface area contributed by atoms with Gasteiger partial charge in [-0.25, -0.2) is 8.42 Å². The number of hydrogen-bond donors (Lipinski definition) is 1. The average Bonchev–Trinajstić information content (AvgIpc) is 2.92. The lowest BCUT2D eigenvalue weighted by atomic mass is 10.1. The summed E-state index contributed by atoms with van der Waals surface area (Å²) in [7, 11) is -3.42. The summed E-state index contributed by atoms with van der Waals surface area (Å²) >= 11 is 13.2. The first-order valence-electron chi connectivity index (χ1n) is 7.92. The van der Waals surface area contributed by atoms with Crippen LogP contribution in [-0.4, -0.2) is 36.1 Å². The van der Waals surface area contributed by atoms with Gasteiger partial charge in [0.15, 0.2) is 0 Å². The van der Waals surface area contributed by atoms with E-state index in [-0.39, 0.29) is 12.5 Å². The SMILES string of the molecule is CC1(C(=O)NCc2ccc(S(=O)(=O)N3CCCCC3)s2)CC1(Cl)Cl. The van der Waals surface area contributed by atoms with Crippen molar-refractivity contribution in [3.05, 3.63) is 17.0 Å². The molecule has 9 heteroatoms. The van der Waals surface area contributed by atoms with Crippen molar-refractivity contribution < 1.29 is 13.2 Å². The van der Waals surface area contributed by atoms with Crippen molar-refractivity contribution in [2.45, 2.75) is 47.7 Å². The summed E-state index contributed by atoms with van der Waals surface area (Å²) in [5.41, 5.74) is -0.768. The normalized spacial score (nSPS) is 27.0. The van der Waals surface area contributed by atoms with Crippen LogP contribution in [0.3, 0.4) is 0 Å². The smallest absolute Gasteiger partial charge is 0.252 e. The summed E-state index contributed by atoms with van der Waals surface area (Å²) < 4.78 is 26.1. The highest BCUT2D eigenvalue weighted by Crippen LogP contribution is 2.63. The lowest BCUT2D eigenvalue weighted by molar-refractivity contribution is -0.125. The van der Waals surface area contributed by atoms with Gasteiger partial charge in [-0.2, -0.15) is 4.31 Å². The van der Waals surface area contributed by atoms with E-state index in [9.17, 15) is 13.2 Å². The Morgan fingerprint density at radius 3 is 2.50 bits per heavy atom. The number of piperidine rings is 1. The summed E-state index contributed by atoms with van der Waals surface area (Å²) in [6, 6.07) is 3.36. The van der Waals surface area contributed by atoms with Crippen molar-refractivity contribution in [1.29, 1.82) is 0 Å². The molecule has 1 atom stereocenters. The van der Waals surface area contributed by atoms with Crippen LogP contribution in [0.15, 0.2) is 16.3 Å². The van der Waals surface area contributed by atoms with Crippen LogP contribution in [0.2, 0.25) is 0 Å². The molecule has 2 heterocycles. The minimum Gasteiger partial charge on any atom is -0.351 e. The monoisotopic (exact) mass is 410 g/mol. The Labute approximate surface area is 156 Å². The molecule has 1 saturated heterocycles. The summed E-state index contributed by atoms with van der Waals surface area (Å²) in [5.74, 6) is -0.207. The Morgan fingerprint density at radius 1 is 1.29 bits per heavy atom. The molecule has 1 aliphatic heterocycles. The van der Waals surface area contributed by atoms with Crippen LogP contribution in [0.4, 0.5) is 0 Å². The number of thiophene rings is 1. The van der Waals surface area contributed by atoms with E-state index < -0.39 is 19.8 Å². The highest BCUT2D eigenvalue weighted by atomic mass is 35.5. The molecule has 1 saturated carbocycles. The Kier molecular flexibility index (Phi) is 4.94. The number of alkyl halides is 2. The number of nitrogens with zero attached hydrogens (tertiary/aromatic N) is 1. The zero-order valence-corrected chi connectivity index (χ0v) is 16.5. The third-order valence-electron chi connectivity index (χ3n) is 4.73. The molecule has 2 fully saturated rings. The van der Waals surface area contributed by atoms with Crippen LogP contribution < -0.4 is 5.32 Å². The van der Waals surface area contributed by atoms with Gasteiger partial charge in [0.05, 0.1) is 12.0 Å². The molecule has 134 valence electrons. The van der Waals surface area contributed by atoms with Crippen LogP contribution in [-0.2, 0) is 21.4 Å². The van der Waals surface area contributed by atoms with E-state index in [0.29, 0.717) is 23.7 Å². The quantitative estimate of drug-likeness (QED) is 0.758. The fourth-order valence-electron chi connectivity index (χ4n) is 2.83. The van der Waals surface area contributed by atoms with Gasteiger partial charge in [-0.3, -0.25) is 4.79 Å². The van der Waals surface area contributed by atoms with Crippen molar-refractivity contribution in [1.82, 2.24) is 9.62 Å². The first-order chi connectivity index (χ1) is 11.2. The number of halogens is 2. The van der Waals surface area contributed by atoms with Crippen molar-refractivity contribution in [3.63, 3.8) is 0 Å². The second-order valence-corrected chi connectivity index (χ2v) is 11.4. The predicted molar refractivity (Wildman–Crippen MR) is 95.9 cm³/mol. The summed E-state index contributed by atoms with van der Waals surface area (Å²) in [6.45, 7) is 3.16. The molecule has 0 aromatic carbocycles. The van der Waals surface area contributed by atoms with Crippen LogP contribution >= 0.6 is 34.5 Å². The third kappa shape index (κ3) is 3.33. The van der Waals surface area contributed by atoms with E-state index in [0.717, 1.165) is 24.1 Å². The number of carbonyl (C=O) groups is 1. The summed E-state index contributed by atoms with van der Waals surface area (Å²) in [4.78, 5) is 13.0. The lowest BCUT2D eigenvalue weighted by Gasteiger charge is -2.25. The number of amides is 1. The van der Waals surface area contributed by atoms with Gasteiger partial charge in [0.25, 0.3) is 10.0 Å². The van der Waals surface area contributed by atoms with E-state index in [2.05, 4.69) is 5.32 Å². The van der Waals surface area contributed by atoms with E-state index in [1.54, 1.807) is 23.4 Å². The molecule has 0 radical (unpaired) electrons. The van der Waals surface area contributed by atoms with Crippen LogP contribution in [0.25, 0.3) is 0 Å². The lowest BCUT2D eigenvalue weighted by Crippen LogP contribution is -2.35. The molecule has 1 aliphatic carbocycles. The zero-order chi connectivity index (χ0) is 17.6. The molecule has 24 heavy (non-hydrogen) atoms. The maximum absolute atomic E-state index is 12.6. The molecule has 5 nitrogen and oxygen atoms in total. The molecular weight excluding hydrogens is 391 g/mol. The first-order valence-corrected chi connectivity index (χ1v) is 10.9. The second-order valence-electron chi connectivity index (χ2n) is 6.58. The standard InChI is InChI=1S/C15H20Cl2N2O3S2/c1-14(10-15(14,16)17)13(20)18-9-11-5-6-12(23-11)24(21,22)19-7-3-2-4-8-19/h5-6H,2-4,7-10H2,1H3,(H,18,20). The second kappa shape index (κ2) is 6.43. The average molecular weight is 411 g/mol. The minimum atomic E-state index is -3.42. The summed E-state index contributed by atoms with van der Waals surface area (Å²) in [5, 5.41) is 2.80. The third-order valence-corrected chi connectivity index (χ3v) is 9.28. The molecule has 0 spiro atoms. The fourth-order valence-corrected chi connectivity index (χ4v) is 6.51. The molecule has 1 aromatic rings. The highest BCUT2D eigenvalue weighted by Gasteiger charge is 2.67. The van der Waals surface area contributed by atoms with Gasteiger partial charge in [-0.1, -0.05) is 6.42 Å². The Hall–Kier alpha value is -0.340. The number of hydrogen-bond acceptors (Lipinski definition) is 4. The molecule has 1 amide bonds. The molecule has 3 rings (SSSR count). The Balaban J connectivity index is 1.62. The maximum Gasteiger partial charge on any atom is 0.252 e. The number of carbonyl (C=O) groups excluding carboxylic acids is 1. The minimum absolute atomic E-state index is 0.207. The molecule has 0 bridgehead atoms. The molecule has 2 aliphatic rings. The maximum atomic E-state index is 12.6. The number of rotatable bonds is 5.